The molecule has 0 bridgehead atoms. The summed E-state index contributed by atoms with van der Waals surface area (Å²) in [6.45, 7) is 0.385. The van der Waals surface area contributed by atoms with Gasteiger partial charge in [0.15, 0.2) is 0 Å². The number of benzene rings is 1. The van der Waals surface area contributed by atoms with Crippen molar-refractivity contribution in [2.75, 3.05) is 11.9 Å². The number of nitrogens with one attached hydrogen (secondary N) is 1. The average Bonchev–Trinajstić information content (AvgIpc) is 2.79. The van der Waals surface area contributed by atoms with Gasteiger partial charge in [0.1, 0.15) is 0 Å². The Morgan fingerprint density at radius 3 is 2.75 bits per heavy atom. The standard InChI is InChI=1S/C14H15ClN2O2S/c15-12-7-9(13(20-12)14(16)19)6-11(18)8-17-10-4-2-1-3-5-10/h1-5,7,11,17-18H,6,8H2,(H2,16,19). The maximum Gasteiger partial charge on any atom is 0.259 e. The summed E-state index contributed by atoms with van der Waals surface area (Å²) in [5.74, 6) is -0.514. The first kappa shape index (κ1) is 14.8. The number of hydrogen-bond acceptors (Lipinski definition) is 4. The van der Waals surface area contributed by atoms with Crippen LogP contribution < -0.4 is 11.1 Å². The summed E-state index contributed by atoms with van der Waals surface area (Å²) in [7, 11) is 0. The summed E-state index contributed by atoms with van der Waals surface area (Å²) in [5.41, 5.74) is 6.91. The summed E-state index contributed by atoms with van der Waals surface area (Å²) in [5, 5.41) is 13.2. The van der Waals surface area contributed by atoms with E-state index >= 15 is 0 Å². The molecule has 1 unspecified atom stereocenters. The summed E-state index contributed by atoms with van der Waals surface area (Å²) >= 11 is 7.02. The molecule has 20 heavy (non-hydrogen) atoms. The quantitative estimate of drug-likeness (QED) is 0.767. The molecule has 0 aliphatic carbocycles. The van der Waals surface area contributed by atoms with Crippen molar-refractivity contribution in [1.82, 2.24) is 0 Å². The number of carbonyl (C=O) groups excluding carboxylic acids is 1. The molecule has 4 nitrogen and oxygen atoms in total. The third-order valence-electron chi connectivity index (χ3n) is 2.77. The van der Waals surface area contributed by atoms with Gasteiger partial charge in [0.2, 0.25) is 0 Å². The van der Waals surface area contributed by atoms with Crippen molar-refractivity contribution in [3.63, 3.8) is 0 Å². The van der Waals surface area contributed by atoms with Crippen LogP contribution in [-0.4, -0.2) is 23.7 Å². The van der Waals surface area contributed by atoms with Crippen LogP contribution in [0.3, 0.4) is 0 Å². The first-order chi connectivity index (χ1) is 9.56. The molecule has 1 atom stereocenters. The Kier molecular flexibility index (Phi) is 5.00. The van der Waals surface area contributed by atoms with E-state index in [1.54, 1.807) is 6.07 Å². The van der Waals surface area contributed by atoms with Crippen molar-refractivity contribution in [2.45, 2.75) is 12.5 Å². The number of halogens is 1. The summed E-state index contributed by atoms with van der Waals surface area (Å²) in [6, 6.07) is 11.3. The van der Waals surface area contributed by atoms with Gasteiger partial charge in [-0.1, -0.05) is 29.8 Å². The molecule has 106 valence electrons. The fourth-order valence-electron chi connectivity index (χ4n) is 1.87. The summed E-state index contributed by atoms with van der Waals surface area (Å²) in [4.78, 5) is 11.7. The zero-order valence-electron chi connectivity index (χ0n) is 10.7. The highest BCUT2D eigenvalue weighted by Gasteiger charge is 2.16. The number of rotatable bonds is 6. The number of anilines is 1. The van der Waals surface area contributed by atoms with Crippen molar-refractivity contribution in [2.24, 2.45) is 5.73 Å². The second kappa shape index (κ2) is 6.74. The Bertz CT molecular complexity index is 586. The van der Waals surface area contributed by atoms with Gasteiger partial charge < -0.3 is 16.2 Å². The molecule has 0 fully saturated rings. The molecule has 6 heteroatoms. The molecule has 4 N–H and O–H groups in total. The van der Waals surface area contributed by atoms with Crippen LogP contribution >= 0.6 is 22.9 Å². The van der Waals surface area contributed by atoms with E-state index in [1.807, 2.05) is 30.3 Å². The van der Waals surface area contributed by atoms with Crippen LogP contribution in [0.25, 0.3) is 0 Å². The predicted molar refractivity (Wildman–Crippen MR) is 82.5 cm³/mol. The topological polar surface area (TPSA) is 75.4 Å². The maximum atomic E-state index is 11.3. The van der Waals surface area contributed by atoms with Crippen molar-refractivity contribution in [3.05, 3.63) is 51.2 Å². The molecular formula is C14H15ClN2O2S. The average molecular weight is 311 g/mol. The fraction of sp³-hybridized carbons (Fsp3) is 0.214. The molecule has 0 saturated heterocycles. The Morgan fingerprint density at radius 2 is 2.10 bits per heavy atom. The molecule has 1 aromatic heterocycles. The number of primary amides is 1. The van der Waals surface area contributed by atoms with E-state index in [4.69, 9.17) is 17.3 Å². The molecule has 0 radical (unpaired) electrons. The van der Waals surface area contributed by atoms with Gasteiger partial charge >= 0.3 is 0 Å². The Morgan fingerprint density at radius 1 is 1.40 bits per heavy atom. The third-order valence-corrected chi connectivity index (χ3v) is 4.09. The minimum atomic E-state index is -0.626. The Labute approximate surface area is 126 Å². The largest absolute Gasteiger partial charge is 0.391 e. The van der Waals surface area contributed by atoms with E-state index in [-0.39, 0.29) is 0 Å². The van der Waals surface area contributed by atoms with Gasteiger partial charge in [-0.2, -0.15) is 0 Å². The molecular weight excluding hydrogens is 296 g/mol. The van der Waals surface area contributed by atoms with Gasteiger partial charge in [-0.15, -0.1) is 11.3 Å². The second-order valence-corrected chi connectivity index (χ2v) is 6.06. The van der Waals surface area contributed by atoms with E-state index in [0.717, 1.165) is 17.0 Å². The van der Waals surface area contributed by atoms with Crippen LogP contribution in [0.2, 0.25) is 4.34 Å². The number of aliphatic hydroxyl groups excluding tert-OH is 1. The van der Waals surface area contributed by atoms with E-state index in [9.17, 15) is 9.90 Å². The smallest absolute Gasteiger partial charge is 0.259 e. The van der Waals surface area contributed by atoms with Crippen molar-refractivity contribution in [3.8, 4) is 0 Å². The molecule has 1 aromatic carbocycles. The zero-order valence-corrected chi connectivity index (χ0v) is 12.2. The van der Waals surface area contributed by atoms with Crippen LogP contribution in [-0.2, 0) is 6.42 Å². The maximum absolute atomic E-state index is 11.3. The van der Waals surface area contributed by atoms with Crippen LogP contribution in [0.4, 0.5) is 5.69 Å². The monoisotopic (exact) mass is 310 g/mol. The van der Waals surface area contributed by atoms with Gasteiger partial charge in [0.05, 0.1) is 15.3 Å². The van der Waals surface area contributed by atoms with Crippen molar-refractivity contribution < 1.29 is 9.90 Å². The van der Waals surface area contributed by atoms with Crippen LogP contribution in [0, 0.1) is 0 Å². The number of para-hydroxylation sites is 1. The molecule has 0 spiro atoms. The fourth-order valence-corrected chi connectivity index (χ4v) is 3.01. The number of nitrogens with two attached hydrogens (primary N) is 1. The summed E-state index contributed by atoms with van der Waals surface area (Å²) < 4.78 is 0.497. The van der Waals surface area contributed by atoms with Gasteiger partial charge in [-0.3, -0.25) is 4.79 Å². The minimum absolute atomic E-state index is 0.335. The molecule has 0 aliphatic heterocycles. The van der Waals surface area contributed by atoms with E-state index in [0.29, 0.717) is 27.7 Å². The first-order valence-corrected chi connectivity index (χ1v) is 7.30. The SMILES string of the molecule is NC(=O)c1sc(Cl)cc1CC(O)CNc1ccccc1. The molecule has 1 amide bonds. The third kappa shape index (κ3) is 3.96. The highest BCUT2D eigenvalue weighted by atomic mass is 35.5. The van der Waals surface area contributed by atoms with Crippen LogP contribution in [0.1, 0.15) is 15.2 Å². The minimum Gasteiger partial charge on any atom is -0.391 e. The molecule has 2 aromatic rings. The number of aliphatic hydroxyl groups is 1. The van der Waals surface area contributed by atoms with Gasteiger partial charge in [0.25, 0.3) is 5.91 Å². The molecule has 0 aliphatic rings. The molecule has 1 heterocycles. The van der Waals surface area contributed by atoms with E-state index in [2.05, 4.69) is 5.32 Å². The predicted octanol–water partition coefficient (Wildman–Crippen LogP) is 2.52. The van der Waals surface area contributed by atoms with E-state index in [1.165, 1.54) is 0 Å². The normalized spacial score (nSPS) is 12.1. The lowest BCUT2D eigenvalue weighted by molar-refractivity contribution is 0.100. The number of hydrogen-bond donors (Lipinski definition) is 3. The van der Waals surface area contributed by atoms with Crippen molar-refractivity contribution in [1.29, 1.82) is 0 Å². The molecule has 2 rings (SSSR count). The number of amides is 1. The number of carbonyl (C=O) groups is 1. The van der Waals surface area contributed by atoms with Crippen LogP contribution in [0.5, 0.6) is 0 Å². The van der Waals surface area contributed by atoms with Crippen LogP contribution in [0.15, 0.2) is 36.4 Å². The lowest BCUT2D eigenvalue weighted by atomic mass is 10.1. The summed E-state index contributed by atoms with van der Waals surface area (Å²) in [6.07, 6.45) is -0.291. The second-order valence-electron chi connectivity index (χ2n) is 4.37. The highest BCUT2D eigenvalue weighted by Crippen LogP contribution is 2.27. The first-order valence-electron chi connectivity index (χ1n) is 6.11. The lowest BCUT2D eigenvalue weighted by Gasteiger charge is -2.12. The zero-order chi connectivity index (χ0) is 14.5. The lowest BCUT2D eigenvalue weighted by Crippen LogP contribution is -2.23. The Balaban J connectivity index is 1.94. The van der Waals surface area contributed by atoms with Crippen molar-refractivity contribution >= 4 is 34.5 Å². The molecule has 0 saturated carbocycles. The van der Waals surface area contributed by atoms with E-state index < -0.39 is 12.0 Å². The van der Waals surface area contributed by atoms with Gasteiger partial charge in [-0.25, -0.2) is 0 Å². The number of thiophene rings is 1. The van der Waals surface area contributed by atoms with Gasteiger partial charge in [-0.05, 0) is 23.8 Å². The Hall–Kier alpha value is -1.56. The van der Waals surface area contributed by atoms with Gasteiger partial charge in [0, 0.05) is 18.7 Å². The highest BCUT2D eigenvalue weighted by molar-refractivity contribution is 7.18.